The maximum absolute atomic E-state index is 2.40. The Morgan fingerprint density at radius 1 is 0.833 bits per heavy atom. The highest BCUT2D eigenvalue weighted by Crippen LogP contribution is 2.24. The van der Waals surface area contributed by atoms with Crippen LogP contribution in [0.2, 0.25) is 0 Å². The maximum Gasteiger partial charge on any atom is 0.122 e. The molecule has 2 nitrogen and oxygen atoms in total. The van der Waals surface area contributed by atoms with E-state index in [9.17, 15) is 0 Å². The van der Waals surface area contributed by atoms with Gasteiger partial charge in [0.2, 0.25) is 0 Å². The van der Waals surface area contributed by atoms with E-state index < -0.39 is 0 Å². The first-order valence-electron chi connectivity index (χ1n) is 6.78. The average molecular weight is 240 g/mol. The van der Waals surface area contributed by atoms with E-state index in [2.05, 4.69) is 60.8 Å². The van der Waals surface area contributed by atoms with E-state index in [0.29, 0.717) is 0 Å². The Balaban J connectivity index is 2.59. The van der Waals surface area contributed by atoms with Gasteiger partial charge in [-0.25, -0.2) is 0 Å². The number of rotatable bonds is 2. The highest BCUT2D eigenvalue weighted by Gasteiger charge is 2.13. The molecular formula is C16H20N2. The molecule has 0 saturated carbocycles. The van der Waals surface area contributed by atoms with Crippen LogP contribution >= 0.6 is 0 Å². The van der Waals surface area contributed by atoms with Gasteiger partial charge in [0, 0.05) is 17.1 Å². The van der Waals surface area contributed by atoms with Gasteiger partial charge in [0.1, 0.15) is 5.65 Å². The third kappa shape index (κ3) is 1.29. The summed E-state index contributed by atoms with van der Waals surface area (Å²) in [5, 5.41) is 0. The van der Waals surface area contributed by atoms with Gasteiger partial charge >= 0.3 is 0 Å². The van der Waals surface area contributed by atoms with Crippen molar-refractivity contribution in [3.8, 4) is 0 Å². The van der Waals surface area contributed by atoms with E-state index in [4.69, 9.17) is 0 Å². The van der Waals surface area contributed by atoms with Crippen molar-refractivity contribution < 1.29 is 0 Å². The lowest BCUT2D eigenvalue weighted by Crippen LogP contribution is -2.05. The summed E-state index contributed by atoms with van der Waals surface area (Å²) in [6.45, 7) is 8.89. The molecule has 0 aromatic carbocycles. The monoisotopic (exact) mass is 240 g/mol. The molecule has 0 radical (unpaired) electrons. The molecule has 0 aliphatic carbocycles. The highest BCUT2D eigenvalue weighted by molar-refractivity contribution is 5.66. The van der Waals surface area contributed by atoms with Crippen LogP contribution in [-0.4, -0.2) is 8.80 Å². The second-order valence-electron chi connectivity index (χ2n) is 4.98. The number of nitrogens with zero attached hydrogens (tertiary/aromatic N) is 2. The molecule has 3 aromatic rings. The molecule has 0 aliphatic rings. The van der Waals surface area contributed by atoms with Crippen LogP contribution < -0.4 is 0 Å². The topological polar surface area (TPSA) is 8.82 Å². The van der Waals surface area contributed by atoms with E-state index in [1.807, 2.05) is 0 Å². The molecule has 3 aromatic heterocycles. The Morgan fingerprint density at radius 3 is 2.11 bits per heavy atom. The smallest absolute Gasteiger partial charge is 0.122 e. The minimum absolute atomic E-state index is 1.07. The van der Waals surface area contributed by atoms with Crippen molar-refractivity contribution in [2.45, 2.75) is 40.5 Å². The Morgan fingerprint density at radius 2 is 1.44 bits per heavy atom. The molecular weight excluding hydrogens is 220 g/mol. The lowest BCUT2D eigenvalue weighted by molar-refractivity contribution is 0.904. The second kappa shape index (κ2) is 3.91. The number of aromatic nitrogens is 2. The molecule has 0 atom stereocenters. The largest absolute Gasteiger partial charge is 0.304 e. The van der Waals surface area contributed by atoms with Gasteiger partial charge < -0.3 is 4.40 Å². The van der Waals surface area contributed by atoms with Crippen molar-refractivity contribution in [1.82, 2.24) is 8.80 Å². The van der Waals surface area contributed by atoms with Crippen molar-refractivity contribution in [2.75, 3.05) is 0 Å². The van der Waals surface area contributed by atoms with Crippen LogP contribution in [0.4, 0.5) is 0 Å². The van der Waals surface area contributed by atoms with Crippen LogP contribution in [0.3, 0.4) is 0 Å². The molecule has 94 valence electrons. The van der Waals surface area contributed by atoms with E-state index in [1.165, 1.54) is 33.8 Å². The third-order valence-electron chi connectivity index (χ3n) is 4.12. The van der Waals surface area contributed by atoms with Gasteiger partial charge in [-0.3, -0.25) is 4.40 Å². The fourth-order valence-corrected chi connectivity index (χ4v) is 2.98. The first-order chi connectivity index (χ1) is 8.69. The van der Waals surface area contributed by atoms with Crippen molar-refractivity contribution in [2.24, 2.45) is 0 Å². The summed E-state index contributed by atoms with van der Waals surface area (Å²) in [5.74, 6) is 0. The second-order valence-corrected chi connectivity index (χ2v) is 4.98. The van der Waals surface area contributed by atoms with Gasteiger partial charge in [-0.15, -0.1) is 0 Å². The van der Waals surface area contributed by atoms with Gasteiger partial charge in [-0.05, 0) is 56.5 Å². The standard InChI is InChI=1S/C16H20N2/c1-5-13-8-10-16-17(13)12(4)11(3)15-9-7-14(6-2)18(15)16/h7-10H,5-6H2,1-4H3. The molecule has 0 aliphatic heterocycles. The van der Waals surface area contributed by atoms with Gasteiger partial charge in [0.25, 0.3) is 0 Å². The van der Waals surface area contributed by atoms with E-state index in [0.717, 1.165) is 12.8 Å². The van der Waals surface area contributed by atoms with Crippen molar-refractivity contribution >= 4 is 11.2 Å². The molecule has 0 unspecified atom stereocenters. The summed E-state index contributed by atoms with van der Waals surface area (Å²) in [7, 11) is 0. The fraction of sp³-hybridized carbons (Fsp3) is 0.375. The molecule has 0 N–H and O–H groups in total. The van der Waals surface area contributed by atoms with Crippen LogP contribution in [0.25, 0.3) is 11.2 Å². The summed E-state index contributed by atoms with van der Waals surface area (Å²) in [5.41, 5.74) is 8.17. The van der Waals surface area contributed by atoms with Crippen LogP contribution in [0.1, 0.15) is 36.5 Å². The number of fused-ring (bicyclic) bond motifs is 3. The Labute approximate surface area is 108 Å². The predicted octanol–water partition coefficient (Wildman–Crippen LogP) is 3.93. The molecule has 3 rings (SSSR count). The van der Waals surface area contributed by atoms with Gasteiger partial charge in [-0.1, -0.05) is 13.8 Å². The van der Waals surface area contributed by atoms with Crippen LogP contribution in [0.5, 0.6) is 0 Å². The van der Waals surface area contributed by atoms with Crippen LogP contribution in [0, 0.1) is 13.8 Å². The summed E-state index contributed by atoms with van der Waals surface area (Å²) in [6, 6.07) is 9.00. The number of hydrogen-bond acceptors (Lipinski definition) is 0. The molecule has 18 heavy (non-hydrogen) atoms. The van der Waals surface area contributed by atoms with Gasteiger partial charge in [0.05, 0.1) is 5.52 Å². The third-order valence-corrected chi connectivity index (χ3v) is 4.12. The quantitative estimate of drug-likeness (QED) is 0.641. The van der Waals surface area contributed by atoms with Crippen LogP contribution in [0.15, 0.2) is 24.3 Å². The molecule has 2 heteroatoms. The van der Waals surface area contributed by atoms with Crippen molar-refractivity contribution in [3.05, 3.63) is 46.9 Å². The summed E-state index contributed by atoms with van der Waals surface area (Å²) >= 11 is 0. The Kier molecular flexibility index (Phi) is 2.47. The van der Waals surface area contributed by atoms with Crippen molar-refractivity contribution in [1.29, 1.82) is 0 Å². The number of aryl methyl sites for hydroxylation is 4. The minimum Gasteiger partial charge on any atom is -0.304 e. The lowest BCUT2D eigenvalue weighted by atomic mass is 10.2. The first kappa shape index (κ1) is 11.4. The normalized spacial score (nSPS) is 11.8. The first-order valence-corrected chi connectivity index (χ1v) is 6.78. The maximum atomic E-state index is 2.40. The fourth-order valence-electron chi connectivity index (χ4n) is 2.98. The molecule has 0 amide bonds. The number of hydrogen-bond donors (Lipinski definition) is 0. The van der Waals surface area contributed by atoms with Gasteiger partial charge in [0.15, 0.2) is 0 Å². The predicted molar refractivity (Wildman–Crippen MR) is 76.6 cm³/mol. The average Bonchev–Trinajstić information content (AvgIpc) is 2.98. The Bertz CT molecular complexity index is 729. The van der Waals surface area contributed by atoms with E-state index in [-0.39, 0.29) is 0 Å². The molecule has 0 saturated heterocycles. The lowest BCUT2D eigenvalue weighted by Gasteiger charge is -2.13. The molecule has 0 spiro atoms. The van der Waals surface area contributed by atoms with Crippen LogP contribution in [-0.2, 0) is 12.8 Å². The molecule has 0 fully saturated rings. The summed E-state index contributed by atoms with van der Waals surface area (Å²) in [6.07, 6.45) is 2.14. The zero-order chi connectivity index (χ0) is 12.9. The van der Waals surface area contributed by atoms with E-state index >= 15 is 0 Å². The summed E-state index contributed by atoms with van der Waals surface area (Å²) in [4.78, 5) is 0. The summed E-state index contributed by atoms with van der Waals surface area (Å²) < 4.78 is 4.81. The molecule has 3 heterocycles. The zero-order valence-electron chi connectivity index (χ0n) is 11.6. The highest BCUT2D eigenvalue weighted by atomic mass is 15.1. The van der Waals surface area contributed by atoms with Crippen molar-refractivity contribution in [3.63, 3.8) is 0 Å². The molecule has 0 bridgehead atoms. The SMILES string of the molecule is CCc1ccc2n1c(C)c(C)c1ccc(CC)n12. The zero-order valence-corrected chi connectivity index (χ0v) is 11.6. The Hall–Kier alpha value is -1.70. The minimum atomic E-state index is 1.07. The van der Waals surface area contributed by atoms with E-state index in [1.54, 1.807) is 0 Å². The van der Waals surface area contributed by atoms with Gasteiger partial charge in [-0.2, -0.15) is 0 Å².